The van der Waals surface area contributed by atoms with Gasteiger partial charge in [0.25, 0.3) is 0 Å². The van der Waals surface area contributed by atoms with E-state index < -0.39 is 11.8 Å². The first-order valence-electron chi connectivity index (χ1n) is 8.78. The van der Waals surface area contributed by atoms with Crippen molar-refractivity contribution in [3.8, 4) is 11.4 Å². The molecule has 7 heteroatoms. The van der Waals surface area contributed by atoms with Gasteiger partial charge in [-0.05, 0) is 50.1 Å². The predicted molar refractivity (Wildman–Crippen MR) is 105 cm³/mol. The average molecular weight is 370 g/mol. The third-order valence-corrected chi connectivity index (χ3v) is 4.05. The number of rotatable bonds is 6. The van der Waals surface area contributed by atoms with Crippen molar-refractivity contribution in [1.82, 2.24) is 15.3 Å². The summed E-state index contributed by atoms with van der Waals surface area (Å²) >= 11 is 0. The predicted octanol–water partition coefficient (Wildman–Crippen LogP) is 2.33. The zero-order valence-corrected chi connectivity index (χ0v) is 16.4. The summed E-state index contributed by atoms with van der Waals surface area (Å²) in [6.45, 7) is 8.31. The normalized spacial score (nSPS) is 11.0. The summed E-state index contributed by atoms with van der Waals surface area (Å²) in [7, 11) is 1.63. The van der Waals surface area contributed by atoms with E-state index in [-0.39, 0.29) is 5.92 Å². The summed E-state index contributed by atoms with van der Waals surface area (Å²) < 4.78 is 7.27. The number of hydrogen-bond acceptors (Lipinski definition) is 4. The Morgan fingerprint density at radius 3 is 2.44 bits per heavy atom. The fourth-order valence-electron chi connectivity index (χ4n) is 2.64. The van der Waals surface area contributed by atoms with Gasteiger partial charge in [0.1, 0.15) is 5.75 Å². The minimum absolute atomic E-state index is 0.272. The molecular weight excluding hydrogens is 344 g/mol. The number of hydrazone groups is 1. The summed E-state index contributed by atoms with van der Waals surface area (Å²) in [6, 6.07) is 9.71. The van der Waals surface area contributed by atoms with E-state index in [1.54, 1.807) is 7.11 Å². The number of ether oxygens (including phenoxy) is 1. The molecule has 0 unspecified atom stereocenters. The molecule has 0 aliphatic rings. The van der Waals surface area contributed by atoms with Crippen molar-refractivity contribution in [2.24, 2.45) is 11.0 Å². The molecule has 0 saturated heterocycles. The number of nitrogens with one attached hydrogen (secondary N) is 2. The monoisotopic (exact) mass is 370 g/mol. The van der Waals surface area contributed by atoms with Gasteiger partial charge in [-0.15, -0.1) is 0 Å². The van der Waals surface area contributed by atoms with Crippen LogP contribution < -0.4 is 15.5 Å². The number of benzene rings is 1. The van der Waals surface area contributed by atoms with Crippen LogP contribution in [0.15, 0.2) is 35.4 Å². The number of aryl methyl sites for hydroxylation is 1. The van der Waals surface area contributed by atoms with Gasteiger partial charge in [-0.3, -0.25) is 9.59 Å². The van der Waals surface area contributed by atoms with Crippen LogP contribution in [0.2, 0.25) is 0 Å². The highest BCUT2D eigenvalue weighted by molar-refractivity contribution is 6.35. The van der Waals surface area contributed by atoms with Crippen molar-refractivity contribution in [2.45, 2.75) is 27.7 Å². The third-order valence-electron chi connectivity index (χ3n) is 4.05. The van der Waals surface area contributed by atoms with Gasteiger partial charge in [0.2, 0.25) is 0 Å². The topological polar surface area (TPSA) is 84.7 Å². The highest BCUT2D eigenvalue weighted by atomic mass is 16.5. The van der Waals surface area contributed by atoms with Crippen molar-refractivity contribution in [3.63, 3.8) is 0 Å². The van der Waals surface area contributed by atoms with E-state index >= 15 is 0 Å². The van der Waals surface area contributed by atoms with Gasteiger partial charge < -0.3 is 14.6 Å². The van der Waals surface area contributed by atoms with E-state index in [9.17, 15) is 9.59 Å². The molecule has 7 nitrogen and oxygen atoms in total. The standard InChI is InChI=1S/C20H26N4O3/c1-13(2)11-21-19(25)20(26)23-22-12-16-10-14(3)24(15(16)4)17-6-8-18(27-5)9-7-17/h6-10,12-13H,11H2,1-5H3,(H,21,25)(H,23,26)/b22-12-. The number of amides is 2. The molecule has 0 atom stereocenters. The van der Waals surface area contributed by atoms with Crippen LogP contribution in [0.1, 0.15) is 30.8 Å². The van der Waals surface area contributed by atoms with E-state index in [1.165, 1.54) is 6.21 Å². The first-order chi connectivity index (χ1) is 12.8. The van der Waals surface area contributed by atoms with Crippen LogP contribution in [-0.4, -0.2) is 36.3 Å². The molecule has 2 N–H and O–H groups in total. The van der Waals surface area contributed by atoms with Crippen molar-refractivity contribution in [3.05, 3.63) is 47.3 Å². The van der Waals surface area contributed by atoms with Gasteiger partial charge in [0.15, 0.2) is 0 Å². The minimum atomic E-state index is -0.782. The summed E-state index contributed by atoms with van der Waals surface area (Å²) in [5, 5.41) is 6.45. The number of aromatic nitrogens is 1. The minimum Gasteiger partial charge on any atom is -0.497 e. The van der Waals surface area contributed by atoms with Crippen LogP contribution in [0.4, 0.5) is 0 Å². The number of nitrogens with zero attached hydrogens (tertiary/aromatic N) is 2. The maximum atomic E-state index is 11.7. The molecule has 2 aromatic rings. The van der Waals surface area contributed by atoms with Gasteiger partial charge in [0.05, 0.1) is 13.3 Å². The van der Waals surface area contributed by atoms with E-state index in [4.69, 9.17) is 4.74 Å². The molecule has 1 aromatic carbocycles. The highest BCUT2D eigenvalue weighted by Crippen LogP contribution is 2.21. The Morgan fingerprint density at radius 1 is 1.19 bits per heavy atom. The fraction of sp³-hybridized carbons (Fsp3) is 0.350. The lowest BCUT2D eigenvalue weighted by atomic mass is 10.2. The first kappa shape index (κ1) is 20.2. The van der Waals surface area contributed by atoms with Gasteiger partial charge >= 0.3 is 11.8 Å². The van der Waals surface area contributed by atoms with Crippen LogP contribution in [-0.2, 0) is 9.59 Å². The molecule has 0 aliphatic heterocycles. The Balaban J connectivity index is 2.08. The second-order valence-corrected chi connectivity index (χ2v) is 6.66. The highest BCUT2D eigenvalue weighted by Gasteiger charge is 2.13. The lowest BCUT2D eigenvalue weighted by Crippen LogP contribution is -2.39. The second-order valence-electron chi connectivity index (χ2n) is 6.66. The summed E-state index contributed by atoms with van der Waals surface area (Å²) in [5.74, 6) is -0.407. The molecule has 0 aliphatic carbocycles. The largest absolute Gasteiger partial charge is 0.497 e. The molecule has 0 saturated carbocycles. The number of carbonyl (C=O) groups is 2. The van der Waals surface area contributed by atoms with Gasteiger partial charge in [0, 0.05) is 29.2 Å². The Bertz CT molecular complexity index is 836. The Kier molecular flexibility index (Phi) is 6.76. The van der Waals surface area contributed by atoms with Crippen molar-refractivity contribution < 1.29 is 14.3 Å². The number of hydrogen-bond donors (Lipinski definition) is 2. The SMILES string of the molecule is COc1ccc(-n2c(C)cc(/C=N\NC(=O)C(=O)NCC(C)C)c2C)cc1. The van der Waals surface area contributed by atoms with Crippen molar-refractivity contribution >= 4 is 18.0 Å². The maximum Gasteiger partial charge on any atom is 0.329 e. The molecule has 1 heterocycles. The van der Waals surface area contributed by atoms with Crippen molar-refractivity contribution in [1.29, 1.82) is 0 Å². The smallest absolute Gasteiger partial charge is 0.329 e. The second kappa shape index (κ2) is 9.02. The van der Waals surface area contributed by atoms with E-state index in [0.717, 1.165) is 28.4 Å². The van der Waals surface area contributed by atoms with Crippen LogP contribution >= 0.6 is 0 Å². The number of carbonyl (C=O) groups excluding carboxylic acids is 2. The Hall–Kier alpha value is -3.09. The van der Waals surface area contributed by atoms with Crippen LogP contribution in [0, 0.1) is 19.8 Å². The van der Waals surface area contributed by atoms with Crippen LogP contribution in [0.3, 0.4) is 0 Å². The zero-order chi connectivity index (χ0) is 20.0. The molecule has 0 spiro atoms. The molecule has 0 radical (unpaired) electrons. The summed E-state index contributed by atoms with van der Waals surface area (Å²) in [4.78, 5) is 23.4. The van der Waals surface area contributed by atoms with Crippen molar-refractivity contribution in [2.75, 3.05) is 13.7 Å². The van der Waals surface area contributed by atoms with Crippen LogP contribution in [0.25, 0.3) is 5.69 Å². The molecule has 2 amide bonds. The average Bonchev–Trinajstić information content (AvgIpc) is 2.93. The molecule has 0 fully saturated rings. The van der Waals surface area contributed by atoms with Gasteiger partial charge in [-0.1, -0.05) is 13.8 Å². The first-order valence-corrected chi connectivity index (χ1v) is 8.78. The molecule has 27 heavy (non-hydrogen) atoms. The third kappa shape index (κ3) is 5.20. The molecule has 0 bridgehead atoms. The zero-order valence-electron chi connectivity index (χ0n) is 16.4. The fourth-order valence-corrected chi connectivity index (χ4v) is 2.64. The van der Waals surface area contributed by atoms with Crippen LogP contribution in [0.5, 0.6) is 5.75 Å². The molecule has 144 valence electrons. The number of methoxy groups -OCH3 is 1. The quantitative estimate of drug-likeness (QED) is 0.465. The van der Waals surface area contributed by atoms with E-state index in [2.05, 4.69) is 20.4 Å². The van der Waals surface area contributed by atoms with Gasteiger partial charge in [-0.2, -0.15) is 5.10 Å². The molecule has 2 rings (SSSR count). The van der Waals surface area contributed by atoms with E-state index in [0.29, 0.717) is 6.54 Å². The molecular formula is C20H26N4O3. The Morgan fingerprint density at radius 2 is 1.85 bits per heavy atom. The molecule has 1 aromatic heterocycles. The van der Waals surface area contributed by atoms with Gasteiger partial charge in [-0.25, -0.2) is 5.43 Å². The maximum absolute atomic E-state index is 11.7. The summed E-state index contributed by atoms with van der Waals surface area (Å²) in [6.07, 6.45) is 1.54. The Labute approximate surface area is 159 Å². The lowest BCUT2D eigenvalue weighted by Gasteiger charge is -2.10. The lowest BCUT2D eigenvalue weighted by molar-refractivity contribution is -0.139. The summed E-state index contributed by atoms with van der Waals surface area (Å²) in [5.41, 5.74) is 6.11. The van der Waals surface area contributed by atoms with E-state index in [1.807, 2.05) is 58.0 Å².